The van der Waals surface area contributed by atoms with Crippen molar-refractivity contribution < 1.29 is 19.2 Å². The summed E-state index contributed by atoms with van der Waals surface area (Å²) in [6, 6.07) is -0.571. The molecule has 0 atom stereocenters. The summed E-state index contributed by atoms with van der Waals surface area (Å²) in [6.07, 6.45) is 0.443. The van der Waals surface area contributed by atoms with Gasteiger partial charge < -0.3 is 20.3 Å². The zero-order valence-corrected chi connectivity index (χ0v) is 7.77. The number of urea groups is 1. The molecule has 15 heavy (non-hydrogen) atoms. The van der Waals surface area contributed by atoms with Crippen LogP contribution < -0.4 is 5.73 Å². The highest BCUT2D eigenvalue weighted by atomic mass is 16.5. The van der Waals surface area contributed by atoms with Gasteiger partial charge in [-0.25, -0.2) is 9.59 Å². The van der Waals surface area contributed by atoms with Crippen molar-refractivity contribution in [3.8, 4) is 0 Å². The summed E-state index contributed by atoms with van der Waals surface area (Å²) in [7, 11) is 0. The van der Waals surface area contributed by atoms with E-state index in [1.807, 2.05) is 0 Å². The number of rotatable bonds is 1. The van der Waals surface area contributed by atoms with Crippen molar-refractivity contribution in [2.45, 2.75) is 13.0 Å². The number of carbonyl (C=O) groups is 2. The summed E-state index contributed by atoms with van der Waals surface area (Å²) in [5.41, 5.74) is 5.40. The summed E-state index contributed by atoms with van der Waals surface area (Å²) in [6.45, 7) is 0.576. The van der Waals surface area contributed by atoms with Crippen LogP contribution in [0.1, 0.15) is 21.8 Å². The predicted molar refractivity (Wildman–Crippen MR) is 47.2 cm³/mol. The third-order valence-electron chi connectivity index (χ3n) is 2.34. The number of nitrogens with zero attached hydrogens (tertiary/aromatic N) is 2. The molecule has 80 valence electrons. The molecule has 2 rings (SSSR count). The second kappa shape index (κ2) is 3.26. The van der Waals surface area contributed by atoms with Crippen LogP contribution in [0.5, 0.6) is 0 Å². The smallest absolute Gasteiger partial charge is 0.358 e. The van der Waals surface area contributed by atoms with Gasteiger partial charge in [0.15, 0.2) is 5.69 Å². The van der Waals surface area contributed by atoms with Gasteiger partial charge in [-0.3, -0.25) is 0 Å². The minimum absolute atomic E-state index is 0.143. The fourth-order valence-electron chi connectivity index (χ4n) is 1.57. The SMILES string of the molecule is NC(=O)N1CCc2onc(C(=O)O)c2C1. The van der Waals surface area contributed by atoms with E-state index in [0.717, 1.165) is 0 Å². The highest BCUT2D eigenvalue weighted by molar-refractivity contribution is 5.87. The maximum absolute atomic E-state index is 10.9. The Morgan fingerprint density at radius 2 is 2.27 bits per heavy atom. The van der Waals surface area contributed by atoms with Gasteiger partial charge in [0.05, 0.1) is 6.54 Å². The van der Waals surface area contributed by atoms with Crippen molar-refractivity contribution in [1.29, 1.82) is 0 Å². The van der Waals surface area contributed by atoms with E-state index < -0.39 is 12.0 Å². The first-order valence-corrected chi connectivity index (χ1v) is 4.34. The fraction of sp³-hybridized carbons (Fsp3) is 0.375. The average Bonchev–Trinajstić information content (AvgIpc) is 2.59. The highest BCUT2D eigenvalue weighted by Gasteiger charge is 2.28. The van der Waals surface area contributed by atoms with Crippen molar-refractivity contribution in [2.24, 2.45) is 5.73 Å². The molecule has 0 saturated carbocycles. The molecule has 1 aliphatic rings. The van der Waals surface area contributed by atoms with Gasteiger partial charge in [-0.2, -0.15) is 0 Å². The van der Waals surface area contributed by atoms with Crippen LogP contribution in [0.25, 0.3) is 0 Å². The third-order valence-corrected chi connectivity index (χ3v) is 2.34. The van der Waals surface area contributed by atoms with Gasteiger partial charge in [0, 0.05) is 18.5 Å². The lowest BCUT2D eigenvalue weighted by atomic mass is 10.1. The van der Waals surface area contributed by atoms with Gasteiger partial charge in [0.2, 0.25) is 0 Å². The molecule has 2 heterocycles. The summed E-state index contributed by atoms with van der Waals surface area (Å²) < 4.78 is 4.87. The Bertz CT molecular complexity index is 426. The number of carbonyl (C=O) groups excluding carboxylic acids is 1. The van der Waals surface area contributed by atoms with Gasteiger partial charge in [-0.1, -0.05) is 5.16 Å². The summed E-state index contributed by atoms with van der Waals surface area (Å²) in [4.78, 5) is 23.0. The minimum Gasteiger partial charge on any atom is -0.476 e. The van der Waals surface area contributed by atoms with E-state index in [1.54, 1.807) is 0 Å². The van der Waals surface area contributed by atoms with Crippen molar-refractivity contribution >= 4 is 12.0 Å². The lowest BCUT2D eigenvalue weighted by Crippen LogP contribution is -2.39. The molecule has 0 unspecified atom stereocenters. The van der Waals surface area contributed by atoms with Crippen molar-refractivity contribution in [3.05, 3.63) is 17.0 Å². The average molecular weight is 211 g/mol. The number of nitrogens with two attached hydrogens (primary N) is 1. The predicted octanol–water partition coefficient (Wildman–Crippen LogP) is -0.190. The lowest BCUT2D eigenvalue weighted by molar-refractivity contribution is 0.0684. The van der Waals surface area contributed by atoms with Crippen LogP contribution in [0.3, 0.4) is 0 Å². The van der Waals surface area contributed by atoms with Crippen molar-refractivity contribution in [2.75, 3.05) is 6.54 Å². The maximum Gasteiger partial charge on any atom is 0.358 e. The highest BCUT2D eigenvalue weighted by Crippen LogP contribution is 2.22. The number of aromatic carboxylic acids is 1. The first-order valence-electron chi connectivity index (χ1n) is 4.34. The second-order valence-corrected chi connectivity index (χ2v) is 3.25. The monoisotopic (exact) mass is 211 g/mol. The first kappa shape index (κ1) is 9.50. The topological polar surface area (TPSA) is 110 Å². The van der Waals surface area contributed by atoms with E-state index in [9.17, 15) is 9.59 Å². The number of carboxylic acid groups (broad SMARTS) is 1. The largest absolute Gasteiger partial charge is 0.476 e. The molecule has 0 aliphatic carbocycles. The molecule has 0 spiro atoms. The molecule has 7 heteroatoms. The maximum atomic E-state index is 10.9. The van der Waals surface area contributed by atoms with E-state index in [-0.39, 0.29) is 12.2 Å². The van der Waals surface area contributed by atoms with Crippen LogP contribution in [0.4, 0.5) is 4.79 Å². The molecule has 2 amide bonds. The molecular weight excluding hydrogens is 202 g/mol. The number of aromatic nitrogens is 1. The van der Waals surface area contributed by atoms with E-state index in [0.29, 0.717) is 24.3 Å². The Kier molecular flexibility index (Phi) is 2.07. The number of hydrogen-bond acceptors (Lipinski definition) is 4. The molecule has 0 radical (unpaired) electrons. The van der Waals surface area contributed by atoms with Crippen LogP contribution in [0, 0.1) is 0 Å². The minimum atomic E-state index is -1.16. The number of primary amides is 1. The second-order valence-electron chi connectivity index (χ2n) is 3.25. The summed E-state index contributed by atoms with van der Waals surface area (Å²) >= 11 is 0. The van der Waals surface area contributed by atoms with Gasteiger partial charge in [0.1, 0.15) is 5.76 Å². The Morgan fingerprint density at radius 1 is 1.53 bits per heavy atom. The molecule has 0 fully saturated rings. The van der Waals surface area contributed by atoms with Crippen molar-refractivity contribution in [1.82, 2.24) is 10.1 Å². The Morgan fingerprint density at radius 3 is 2.87 bits per heavy atom. The van der Waals surface area contributed by atoms with E-state index >= 15 is 0 Å². The molecule has 1 aromatic heterocycles. The zero-order valence-electron chi connectivity index (χ0n) is 7.77. The summed E-state index contributed by atoms with van der Waals surface area (Å²) in [5, 5.41) is 12.2. The standard InChI is InChI=1S/C8H9N3O4/c9-8(14)11-2-1-5-4(3-11)6(7(12)13)10-15-5/h1-3H2,(H2,9,14)(H,12,13). The van der Waals surface area contributed by atoms with Gasteiger partial charge in [0.25, 0.3) is 0 Å². The van der Waals surface area contributed by atoms with Crippen LogP contribution in [-0.4, -0.2) is 33.7 Å². The third kappa shape index (κ3) is 1.51. The van der Waals surface area contributed by atoms with Crippen LogP contribution in [-0.2, 0) is 13.0 Å². The van der Waals surface area contributed by atoms with E-state index in [1.165, 1.54) is 4.90 Å². The molecule has 3 N–H and O–H groups in total. The van der Waals surface area contributed by atoms with Crippen LogP contribution in [0.15, 0.2) is 4.52 Å². The Labute approximate surface area is 84.4 Å². The van der Waals surface area contributed by atoms with Gasteiger partial charge in [-0.05, 0) is 0 Å². The molecule has 7 nitrogen and oxygen atoms in total. The van der Waals surface area contributed by atoms with Crippen LogP contribution in [0.2, 0.25) is 0 Å². The normalized spacial score (nSPS) is 14.8. The lowest BCUT2D eigenvalue weighted by Gasteiger charge is -2.23. The summed E-state index contributed by atoms with van der Waals surface area (Å²) in [5.74, 6) is -0.642. The quantitative estimate of drug-likeness (QED) is 0.668. The molecule has 1 aromatic rings. The fourth-order valence-corrected chi connectivity index (χ4v) is 1.57. The number of amides is 2. The van der Waals surface area contributed by atoms with Gasteiger partial charge >= 0.3 is 12.0 Å². The molecule has 1 aliphatic heterocycles. The molecular formula is C8H9N3O4. The number of carboxylic acids is 1. The van der Waals surface area contributed by atoms with Crippen LogP contribution >= 0.6 is 0 Å². The van der Waals surface area contributed by atoms with Gasteiger partial charge in [-0.15, -0.1) is 0 Å². The van der Waals surface area contributed by atoms with E-state index in [4.69, 9.17) is 15.4 Å². The van der Waals surface area contributed by atoms with E-state index in [2.05, 4.69) is 5.16 Å². The molecule has 0 aromatic carbocycles. The first-order chi connectivity index (χ1) is 7.09. The number of hydrogen-bond donors (Lipinski definition) is 2. The zero-order chi connectivity index (χ0) is 11.0. The number of fused-ring (bicyclic) bond motifs is 1. The Balaban J connectivity index is 2.34. The molecule has 0 saturated heterocycles. The Hall–Kier alpha value is -2.05. The van der Waals surface area contributed by atoms with Crippen molar-refractivity contribution in [3.63, 3.8) is 0 Å². The molecule has 0 bridgehead atoms.